The fourth-order valence-electron chi connectivity index (χ4n) is 3.00. The van der Waals surface area contributed by atoms with Gasteiger partial charge < -0.3 is 4.74 Å². The van der Waals surface area contributed by atoms with Gasteiger partial charge in [0.05, 0.1) is 23.0 Å². The van der Waals surface area contributed by atoms with E-state index < -0.39 is 0 Å². The van der Waals surface area contributed by atoms with Crippen molar-refractivity contribution >= 4 is 26.5 Å². The molecule has 0 aliphatic heterocycles. The molecule has 4 rings (SSSR count). The van der Waals surface area contributed by atoms with Crippen LogP contribution in [0.25, 0.3) is 15.2 Å². The van der Waals surface area contributed by atoms with Gasteiger partial charge in [0.15, 0.2) is 4.96 Å². The number of aromatic nitrogens is 2. The van der Waals surface area contributed by atoms with Gasteiger partial charge >= 0.3 is 0 Å². The van der Waals surface area contributed by atoms with E-state index in [-0.39, 0.29) is 0 Å². The molecule has 0 saturated carbocycles. The van der Waals surface area contributed by atoms with Crippen LogP contribution >= 0.6 is 11.3 Å². The van der Waals surface area contributed by atoms with Gasteiger partial charge in [-0.1, -0.05) is 18.3 Å². The molecule has 0 fully saturated rings. The van der Waals surface area contributed by atoms with E-state index in [4.69, 9.17) is 9.72 Å². The van der Waals surface area contributed by atoms with Crippen molar-refractivity contribution in [3.05, 3.63) is 29.6 Å². The summed E-state index contributed by atoms with van der Waals surface area (Å²) in [6.07, 6.45) is 3.54. The van der Waals surface area contributed by atoms with Crippen LogP contribution in [0.3, 0.4) is 0 Å². The Morgan fingerprint density at radius 3 is 3.16 bits per heavy atom. The summed E-state index contributed by atoms with van der Waals surface area (Å²) in [4.78, 5) is 5.95. The first-order valence-electron chi connectivity index (χ1n) is 6.73. The first-order chi connectivity index (χ1) is 9.26. The van der Waals surface area contributed by atoms with Gasteiger partial charge in [0, 0.05) is 5.69 Å². The number of rotatable bonds is 1. The Labute approximate surface area is 115 Å². The maximum absolute atomic E-state index is 5.30. The SMILES string of the molecule is COc1ccc2c(c1)sc1nc3c(n12)CC(C)CC3. The number of ether oxygens (including phenoxy) is 1. The number of fused-ring (bicyclic) bond motifs is 5. The second-order valence-corrected chi connectivity index (χ2v) is 6.42. The van der Waals surface area contributed by atoms with Crippen LogP contribution in [0.1, 0.15) is 24.7 Å². The average Bonchev–Trinajstić information content (AvgIpc) is 2.93. The van der Waals surface area contributed by atoms with Crippen LogP contribution in [0.5, 0.6) is 5.75 Å². The Morgan fingerprint density at radius 2 is 2.32 bits per heavy atom. The molecular formula is C15H16N2OS. The van der Waals surface area contributed by atoms with E-state index in [0.29, 0.717) is 0 Å². The predicted octanol–water partition coefficient (Wildman–Crippen LogP) is 3.68. The number of hydrogen-bond acceptors (Lipinski definition) is 3. The highest BCUT2D eigenvalue weighted by molar-refractivity contribution is 7.23. The third-order valence-electron chi connectivity index (χ3n) is 4.05. The number of methoxy groups -OCH3 is 1. The van der Waals surface area contributed by atoms with Crippen molar-refractivity contribution < 1.29 is 4.74 Å². The number of thiazole rings is 1. The normalized spacial score (nSPS) is 18.9. The summed E-state index contributed by atoms with van der Waals surface area (Å²) < 4.78 is 8.91. The van der Waals surface area contributed by atoms with Crippen LogP contribution in [0.15, 0.2) is 18.2 Å². The molecule has 19 heavy (non-hydrogen) atoms. The number of aryl methyl sites for hydroxylation is 1. The Balaban J connectivity index is 2.02. The molecule has 1 aromatic carbocycles. The van der Waals surface area contributed by atoms with E-state index >= 15 is 0 Å². The van der Waals surface area contributed by atoms with E-state index in [0.717, 1.165) is 29.5 Å². The Kier molecular flexibility index (Phi) is 2.36. The quantitative estimate of drug-likeness (QED) is 0.675. The highest BCUT2D eigenvalue weighted by Crippen LogP contribution is 2.34. The molecule has 0 bridgehead atoms. The molecule has 1 aliphatic carbocycles. The fraction of sp³-hybridized carbons (Fsp3) is 0.400. The van der Waals surface area contributed by atoms with Crippen molar-refractivity contribution in [3.8, 4) is 5.75 Å². The summed E-state index contributed by atoms with van der Waals surface area (Å²) in [6, 6.07) is 6.29. The fourth-order valence-corrected chi connectivity index (χ4v) is 4.09. The molecule has 1 atom stereocenters. The van der Waals surface area contributed by atoms with E-state index in [1.54, 1.807) is 18.4 Å². The van der Waals surface area contributed by atoms with E-state index in [9.17, 15) is 0 Å². The van der Waals surface area contributed by atoms with Gasteiger partial charge in [0.25, 0.3) is 0 Å². The standard InChI is InChI=1S/C15H16N2OS/c1-9-3-5-11-13(7-9)17-12-6-4-10(18-2)8-14(12)19-15(17)16-11/h4,6,8-9H,3,5,7H2,1-2H3. The molecule has 98 valence electrons. The molecule has 2 heterocycles. The number of benzene rings is 1. The van der Waals surface area contributed by atoms with Gasteiger partial charge in [0.1, 0.15) is 5.75 Å². The number of hydrogen-bond donors (Lipinski definition) is 0. The van der Waals surface area contributed by atoms with Gasteiger partial charge in [0.2, 0.25) is 0 Å². The zero-order valence-corrected chi connectivity index (χ0v) is 12.0. The highest BCUT2D eigenvalue weighted by atomic mass is 32.1. The van der Waals surface area contributed by atoms with Gasteiger partial charge in [-0.3, -0.25) is 4.40 Å². The van der Waals surface area contributed by atoms with Crippen molar-refractivity contribution in [2.24, 2.45) is 5.92 Å². The molecule has 0 saturated heterocycles. The topological polar surface area (TPSA) is 26.5 Å². The summed E-state index contributed by atoms with van der Waals surface area (Å²) in [5, 5.41) is 0. The Morgan fingerprint density at radius 1 is 1.42 bits per heavy atom. The van der Waals surface area contributed by atoms with Crippen molar-refractivity contribution in [2.45, 2.75) is 26.2 Å². The zero-order chi connectivity index (χ0) is 13.0. The third kappa shape index (κ3) is 1.59. The van der Waals surface area contributed by atoms with Crippen LogP contribution in [0, 0.1) is 5.92 Å². The smallest absolute Gasteiger partial charge is 0.195 e. The molecule has 4 heteroatoms. The summed E-state index contributed by atoms with van der Waals surface area (Å²) in [7, 11) is 1.71. The largest absolute Gasteiger partial charge is 0.497 e. The van der Waals surface area contributed by atoms with Crippen LogP contribution in [0.2, 0.25) is 0 Å². The van der Waals surface area contributed by atoms with E-state index in [2.05, 4.69) is 23.5 Å². The Bertz CT molecular complexity index is 771. The van der Waals surface area contributed by atoms with Crippen molar-refractivity contribution in [2.75, 3.05) is 7.11 Å². The first-order valence-corrected chi connectivity index (χ1v) is 7.54. The van der Waals surface area contributed by atoms with Crippen LogP contribution in [0.4, 0.5) is 0 Å². The van der Waals surface area contributed by atoms with E-state index in [1.165, 1.54) is 28.0 Å². The number of imidazole rings is 1. The molecule has 3 nitrogen and oxygen atoms in total. The molecule has 1 aliphatic rings. The molecule has 0 spiro atoms. The zero-order valence-electron chi connectivity index (χ0n) is 11.1. The monoisotopic (exact) mass is 272 g/mol. The minimum atomic E-state index is 0.764. The Hall–Kier alpha value is -1.55. The molecule has 0 N–H and O–H groups in total. The van der Waals surface area contributed by atoms with Gasteiger partial charge in [-0.15, -0.1) is 0 Å². The average molecular weight is 272 g/mol. The molecule has 1 unspecified atom stereocenters. The van der Waals surface area contributed by atoms with Crippen LogP contribution in [-0.4, -0.2) is 16.5 Å². The maximum Gasteiger partial charge on any atom is 0.195 e. The summed E-state index contributed by atoms with van der Waals surface area (Å²) in [5.74, 6) is 1.68. The molecular weight excluding hydrogens is 256 g/mol. The van der Waals surface area contributed by atoms with Crippen molar-refractivity contribution in [1.29, 1.82) is 0 Å². The second kappa shape index (κ2) is 3.97. The molecule has 2 aromatic heterocycles. The second-order valence-electron chi connectivity index (χ2n) is 5.41. The lowest BCUT2D eigenvalue weighted by atomic mass is 9.91. The third-order valence-corrected chi connectivity index (χ3v) is 5.05. The van der Waals surface area contributed by atoms with Crippen LogP contribution in [-0.2, 0) is 12.8 Å². The minimum Gasteiger partial charge on any atom is -0.497 e. The summed E-state index contributed by atoms with van der Waals surface area (Å²) in [5.41, 5.74) is 4.00. The number of nitrogens with zero attached hydrogens (tertiary/aromatic N) is 2. The van der Waals surface area contributed by atoms with Crippen LogP contribution < -0.4 is 4.74 Å². The minimum absolute atomic E-state index is 0.764. The lowest BCUT2D eigenvalue weighted by molar-refractivity contribution is 0.415. The van der Waals surface area contributed by atoms with Gasteiger partial charge in [-0.25, -0.2) is 4.98 Å². The molecule has 0 amide bonds. The van der Waals surface area contributed by atoms with Crippen molar-refractivity contribution in [1.82, 2.24) is 9.38 Å². The highest BCUT2D eigenvalue weighted by Gasteiger charge is 2.22. The lowest BCUT2D eigenvalue weighted by Crippen LogP contribution is -2.12. The van der Waals surface area contributed by atoms with Gasteiger partial charge in [-0.05, 0) is 43.4 Å². The summed E-state index contributed by atoms with van der Waals surface area (Å²) >= 11 is 1.76. The molecule has 3 aromatic rings. The van der Waals surface area contributed by atoms with Crippen molar-refractivity contribution in [3.63, 3.8) is 0 Å². The molecule has 0 radical (unpaired) electrons. The maximum atomic E-state index is 5.30. The summed E-state index contributed by atoms with van der Waals surface area (Å²) in [6.45, 7) is 2.33. The predicted molar refractivity (Wildman–Crippen MR) is 78.3 cm³/mol. The lowest BCUT2D eigenvalue weighted by Gasteiger charge is -2.17. The van der Waals surface area contributed by atoms with Gasteiger partial charge in [-0.2, -0.15) is 0 Å². The van der Waals surface area contributed by atoms with E-state index in [1.807, 2.05) is 6.07 Å². The first kappa shape index (κ1) is 11.3.